The molecule has 0 saturated heterocycles. The SMILES string of the molecule is CCC(C)(C)C1CCC(CN)C(SC)C1. The van der Waals surface area contributed by atoms with Gasteiger partial charge in [-0.2, -0.15) is 11.8 Å². The average molecular weight is 229 g/mol. The minimum absolute atomic E-state index is 0.521. The third-order valence-corrected chi connectivity index (χ3v) is 5.73. The zero-order valence-corrected chi connectivity index (χ0v) is 11.6. The lowest BCUT2D eigenvalue weighted by Crippen LogP contribution is -2.37. The van der Waals surface area contributed by atoms with Crippen molar-refractivity contribution in [1.82, 2.24) is 0 Å². The third-order valence-electron chi connectivity index (χ3n) is 4.55. The van der Waals surface area contributed by atoms with E-state index in [1.807, 2.05) is 11.8 Å². The quantitative estimate of drug-likeness (QED) is 0.798. The molecule has 0 amide bonds. The lowest BCUT2D eigenvalue weighted by Gasteiger charge is -2.42. The molecule has 2 heteroatoms. The van der Waals surface area contributed by atoms with Gasteiger partial charge in [-0.15, -0.1) is 0 Å². The van der Waals surface area contributed by atoms with E-state index < -0.39 is 0 Å². The average Bonchev–Trinajstić information content (AvgIpc) is 2.28. The number of thioether (sulfide) groups is 1. The van der Waals surface area contributed by atoms with Gasteiger partial charge in [0.1, 0.15) is 0 Å². The molecule has 15 heavy (non-hydrogen) atoms. The Hall–Kier alpha value is 0.310. The molecule has 1 fully saturated rings. The molecule has 0 heterocycles. The summed E-state index contributed by atoms with van der Waals surface area (Å²) >= 11 is 2.03. The van der Waals surface area contributed by atoms with Crippen molar-refractivity contribution in [3.63, 3.8) is 0 Å². The van der Waals surface area contributed by atoms with Gasteiger partial charge < -0.3 is 5.73 Å². The van der Waals surface area contributed by atoms with E-state index in [0.717, 1.165) is 23.6 Å². The first-order valence-corrected chi connectivity index (χ1v) is 7.56. The predicted octanol–water partition coefficient (Wildman–Crippen LogP) is 3.53. The summed E-state index contributed by atoms with van der Waals surface area (Å²) in [6.07, 6.45) is 7.65. The Morgan fingerprint density at radius 3 is 2.47 bits per heavy atom. The molecule has 1 saturated carbocycles. The maximum Gasteiger partial charge on any atom is 0.00874 e. The van der Waals surface area contributed by atoms with Gasteiger partial charge in [0.05, 0.1) is 0 Å². The summed E-state index contributed by atoms with van der Waals surface area (Å²) in [5.74, 6) is 1.67. The van der Waals surface area contributed by atoms with Crippen molar-refractivity contribution in [3.05, 3.63) is 0 Å². The first-order valence-electron chi connectivity index (χ1n) is 6.28. The fourth-order valence-corrected chi connectivity index (χ4v) is 3.81. The summed E-state index contributed by atoms with van der Waals surface area (Å²) in [5.41, 5.74) is 6.36. The molecular formula is C13H27NS. The summed E-state index contributed by atoms with van der Waals surface area (Å²) in [7, 11) is 0. The van der Waals surface area contributed by atoms with Crippen molar-refractivity contribution in [1.29, 1.82) is 0 Å². The standard InChI is InChI=1S/C13H27NS/c1-5-13(2,3)11-7-6-10(9-14)12(8-11)15-4/h10-12H,5-9,14H2,1-4H3. The van der Waals surface area contributed by atoms with E-state index in [-0.39, 0.29) is 0 Å². The molecule has 1 aliphatic carbocycles. The van der Waals surface area contributed by atoms with Crippen LogP contribution in [0.15, 0.2) is 0 Å². The van der Waals surface area contributed by atoms with Crippen molar-refractivity contribution in [2.24, 2.45) is 23.0 Å². The Bertz CT molecular complexity index is 191. The molecular weight excluding hydrogens is 202 g/mol. The lowest BCUT2D eigenvalue weighted by atomic mass is 9.67. The Labute approximate surface area is 99.6 Å². The molecule has 0 radical (unpaired) electrons. The van der Waals surface area contributed by atoms with Crippen LogP contribution in [-0.2, 0) is 0 Å². The molecule has 0 aromatic carbocycles. The molecule has 0 aromatic rings. The zero-order chi connectivity index (χ0) is 11.5. The number of nitrogens with two attached hydrogens (primary N) is 1. The van der Waals surface area contributed by atoms with E-state index in [1.165, 1.54) is 25.7 Å². The minimum atomic E-state index is 0.521. The topological polar surface area (TPSA) is 26.0 Å². The van der Waals surface area contributed by atoms with Crippen molar-refractivity contribution in [3.8, 4) is 0 Å². The highest BCUT2D eigenvalue weighted by Gasteiger charge is 2.36. The van der Waals surface area contributed by atoms with Crippen molar-refractivity contribution in [2.45, 2.75) is 51.7 Å². The van der Waals surface area contributed by atoms with E-state index in [4.69, 9.17) is 5.73 Å². The number of hydrogen-bond acceptors (Lipinski definition) is 2. The van der Waals surface area contributed by atoms with Crippen LogP contribution in [0.4, 0.5) is 0 Å². The smallest absolute Gasteiger partial charge is 0.00874 e. The van der Waals surface area contributed by atoms with Gasteiger partial charge in [-0.1, -0.05) is 27.2 Å². The van der Waals surface area contributed by atoms with Gasteiger partial charge in [0, 0.05) is 5.25 Å². The Morgan fingerprint density at radius 2 is 2.00 bits per heavy atom. The van der Waals surface area contributed by atoms with Crippen LogP contribution < -0.4 is 5.73 Å². The number of hydrogen-bond donors (Lipinski definition) is 1. The van der Waals surface area contributed by atoms with Gasteiger partial charge in [0.15, 0.2) is 0 Å². The fraction of sp³-hybridized carbons (Fsp3) is 1.00. The summed E-state index contributed by atoms with van der Waals surface area (Å²) in [5, 5.41) is 0.805. The van der Waals surface area contributed by atoms with Crippen LogP contribution in [0.25, 0.3) is 0 Å². The molecule has 0 aromatic heterocycles. The second kappa shape index (κ2) is 5.58. The van der Waals surface area contributed by atoms with Crippen LogP contribution in [0.1, 0.15) is 46.5 Å². The summed E-state index contributed by atoms with van der Waals surface area (Å²) in [6.45, 7) is 8.06. The third kappa shape index (κ3) is 3.13. The highest BCUT2D eigenvalue weighted by atomic mass is 32.2. The first-order chi connectivity index (χ1) is 7.05. The van der Waals surface area contributed by atoms with Gasteiger partial charge in [-0.05, 0) is 49.3 Å². The number of rotatable bonds is 4. The fourth-order valence-electron chi connectivity index (χ4n) is 2.75. The normalized spacial score (nSPS) is 33.0. The Balaban J connectivity index is 2.60. The van der Waals surface area contributed by atoms with E-state index in [0.29, 0.717) is 5.41 Å². The largest absolute Gasteiger partial charge is 0.330 e. The molecule has 3 atom stereocenters. The molecule has 90 valence electrons. The summed E-state index contributed by atoms with van der Waals surface area (Å²) < 4.78 is 0. The van der Waals surface area contributed by atoms with E-state index in [2.05, 4.69) is 27.0 Å². The van der Waals surface area contributed by atoms with E-state index >= 15 is 0 Å². The first kappa shape index (κ1) is 13.4. The maximum absolute atomic E-state index is 5.84. The molecule has 1 aliphatic rings. The van der Waals surface area contributed by atoms with Crippen LogP contribution in [0.3, 0.4) is 0 Å². The Morgan fingerprint density at radius 1 is 1.33 bits per heavy atom. The molecule has 0 aliphatic heterocycles. The highest BCUT2D eigenvalue weighted by molar-refractivity contribution is 7.99. The van der Waals surface area contributed by atoms with Gasteiger partial charge >= 0.3 is 0 Å². The predicted molar refractivity (Wildman–Crippen MR) is 71.3 cm³/mol. The van der Waals surface area contributed by atoms with Crippen molar-refractivity contribution in [2.75, 3.05) is 12.8 Å². The van der Waals surface area contributed by atoms with Crippen molar-refractivity contribution < 1.29 is 0 Å². The van der Waals surface area contributed by atoms with Gasteiger partial charge in [0.25, 0.3) is 0 Å². The maximum atomic E-state index is 5.84. The van der Waals surface area contributed by atoms with Gasteiger partial charge in [-0.3, -0.25) is 0 Å². The second-order valence-corrected chi connectivity index (χ2v) is 6.70. The molecule has 0 spiro atoms. The molecule has 1 rings (SSSR count). The Kier molecular flexibility index (Phi) is 4.98. The highest BCUT2D eigenvalue weighted by Crippen LogP contribution is 2.44. The molecule has 3 unspecified atom stereocenters. The van der Waals surface area contributed by atoms with Crippen LogP contribution in [0, 0.1) is 17.3 Å². The minimum Gasteiger partial charge on any atom is -0.330 e. The molecule has 0 bridgehead atoms. The molecule has 1 nitrogen and oxygen atoms in total. The zero-order valence-electron chi connectivity index (χ0n) is 10.8. The van der Waals surface area contributed by atoms with E-state index in [9.17, 15) is 0 Å². The molecule has 2 N–H and O–H groups in total. The van der Waals surface area contributed by atoms with Crippen LogP contribution >= 0.6 is 11.8 Å². The van der Waals surface area contributed by atoms with E-state index in [1.54, 1.807) is 0 Å². The van der Waals surface area contributed by atoms with Crippen LogP contribution in [0.2, 0.25) is 0 Å². The lowest BCUT2D eigenvalue weighted by molar-refractivity contribution is 0.134. The summed E-state index contributed by atoms with van der Waals surface area (Å²) in [6, 6.07) is 0. The van der Waals surface area contributed by atoms with Crippen molar-refractivity contribution >= 4 is 11.8 Å². The van der Waals surface area contributed by atoms with Gasteiger partial charge in [-0.25, -0.2) is 0 Å². The summed E-state index contributed by atoms with van der Waals surface area (Å²) in [4.78, 5) is 0. The second-order valence-electron chi connectivity index (χ2n) is 5.62. The van der Waals surface area contributed by atoms with Crippen LogP contribution in [0.5, 0.6) is 0 Å². The monoisotopic (exact) mass is 229 g/mol. The van der Waals surface area contributed by atoms with Gasteiger partial charge in [0.2, 0.25) is 0 Å². The van der Waals surface area contributed by atoms with Crippen LogP contribution in [-0.4, -0.2) is 18.1 Å².